The molecule has 0 saturated carbocycles. The summed E-state index contributed by atoms with van der Waals surface area (Å²) in [4.78, 5) is 10.2. The predicted octanol–water partition coefficient (Wildman–Crippen LogP) is 6.80. The van der Waals surface area contributed by atoms with Crippen molar-refractivity contribution in [1.82, 2.24) is 9.97 Å². The fourth-order valence-electron chi connectivity index (χ4n) is 4.36. The van der Waals surface area contributed by atoms with E-state index in [1.54, 1.807) is 12.1 Å². The molecule has 1 N–H and O–H groups in total. The highest BCUT2D eigenvalue weighted by atomic mass is 19.3. The van der Waals surface area contributed by atoms with Crippen molar-refractivity contribution in [3.05, 3.63) is 95.1 Å². The number of benzene rings is 2. The Hall–Kier alpha value is -3.35. The lowest BCUT2D eigenvalue weighted by molar-refractivity contribution is 0.0174. The van der Waals surface area contributed by atoms with Gasteiger partial charge in [0.15, 0.2) is 11.6 Å². The molecule has 1 unspecified atom stereocenters. The summed E-state index contributed by atoms with van der Waals surface area (Å²) in [6, 6.07) is 14.3. The van der Waals surface area contributed by atoms with Crippen LogP contribution in [0.2, 0.25) is 0 Å². The molecule has 1 aliphatic rings. The van der Waals surface area contributed by atoms with Crippen molar-refractivity contribution in [3.63, 3.8) is 0 Å². The van der Waals surface area contributed by atoms with E-state index in [4.69, 9.17) is 0 Å². The van der Waals surface area contributed by atoms with Crippen LogP contribution in [0.1, 0.15) is 55.0 Å². The Morgan fingerprint density at radius 2 is 1.76 bits per heavy atom. The number of alkyl halides is 2. The number of rotatable bonds is 8. The van der Waals surface area contributed by atoms with Gasteiger partial charge in [-0.1, -0.05) is 60.7 Å². The van der Waals surface area contributed by atoms with Gasteiger partial charge in [0.1, 0.15) is 6.33 Å². The van der Waals surface area contributed by atoms with Gasteiger partial charge in [-0.05, 0) is 42.9 Å². The molecule has 1 atom stereocenters. The van der Waals surface area contributed by atoms with E-state index in [9.17, 15) is 8.78 Å². The van der Waals surface area contributed by atoms with Gasteiger partial charge in [-0.15, -0.1) is 0 Å². The van der Waals surface area contributed by atoms with Gasteiger partial charge in [0, 0.05) is 25.6 Å². The molecular weight excluding hydrogens is 437 g/mol. The molecule has 1 aliphatic heterocycles. The lowest BCUT2D eigenvalue weighted by Crippen LogP contribution is -2.25. The third-order valence-electron chi connectivity index (χ3n) is 6.09. The maximum absolute atomic E-state index is 15.4. The van der Waals surface area contributed by atoms with Crippen molar-refractivity contribution in [2.75, 3.05) is 16.8 Å². The van der Waals surface area contributed by atoms with Crippen LogP contribution in [0.15, 0.2) is 67.0 Å². The van der Waals surface area contributed by atoms with Crippen LogP contribution in [-0.4, -0.2) is 16.5 Å². The molecule has 4 nitrogen and oxygen atoms in total. The van der Waals surface area contributed by atoms with Gasteiger partial charge >= 0.3 is 0 Å². The second-order valence-electron chi connectivity index (χ2n) is 9.03. The van der Waals surface area contributed by atoms with Crippen molar-refractivity contribution >= 4 is 11.6 Å². The Bertz CT molecular complexity index is 1140. The van der Waals surface area contributed by atoms with E-state index < -0.39 is 11.7 Å². The highest BCUT2D eigenvalue weighted by molar-refractivity contribution is 5.53. The Kier molecular flexibility index (Phi) is 6.91. The zero-order valence-electron chi connectivity index (χ0n) is 19.5. The standard InChI is InChI=1S/C27H29F3N4/c1-18(2)15-19-6-8-20(9-7-19)16-31-25-24(28)26(33-17-32-25)34-14-4-5-23(34)21-10-12-22(13-11-21)27(3,29)30/h6-13,17,23H,1,4-5,14-16H2,2-3H3,(H,31,32,33). The van der Waals surface area contributed by atoms with Crippen LogP contribution in [-0.2, 0) is 18.9 Å². The summed E-state index contributed by atoms with van der Waals surface area (Å²) >= 11 is 0. The number of nitrogens with zero attached hydrogens (tertiary/aromatic N) is 3. The smallest absolute Gasteiger partial charge is 0.270 e. The summed E-state index contributed by atoms with van der Waals surface area (Å²) in [6.45, 7) is 7.87. The number of hydrogen-bond acceptors (Lipinski definition) is 4. The van der Waals surface area contributed by atoms with Crippen LogP contribution in [0.25, 0.3) is 0 Å². The molecule has 0 aliphatic carbocycles. The largest absolute Gasteiger partial charge is 0.363 e. The zero-order chi connectivity index (χ0) is 24.3. The first-order chi connectivity index (χ1) is 16.2. The predicted molar refractivity (Wildman–Crippen MR) is 130 cm³/mol. The molecule has 1 fully saturated rings. The number of hydrogen-bond donors (Lipinski definition) is 1. The van der Waals surface area contributed by atoms with Crippen molar-refractivity contribution < 1.29 is 13.2 Å². The quantitative estimate of drug-likeness (QED) is 0.371. The Labute approximate surface area is 198 Å². The minimum atomic E-state index is -2.89. The van der Waals surface area contributed by atoms with E-state index in [-0.39, 0.29) is 23.2 Å². The molecule has 4 rings (SSSR count). The lowest BCUT2D eigenvalue weighted by atomic mass is 10.0. The second kappa shape index (κ2) is 9.87. The average Bonchev–Trinajstić information content (AvgIpc) is 3.28. The molecule has 1 aromatic heterocycles. The summed E-state index contributed by atoms with van der Waals surface area (Å²) in [7, 11) is 0. The molecule has 0 bridgehead atoms. The van der Waals surface area contributed by atoms with Gasteiger partial charge < -0.3 is 10.2 Å². The van der Waals surface area contributed by atoms with Crippen molar-refractivity contribution in [2.24, 2.45) is 0 Å². The van der Waals surface area contributed by atoms with Crippen molar-refractivity contribution in [3.8, 4) is 0 Å². The molecule has 178 valence electrons. The molecule has 1 saturated heterocycles. The van der Waals surface area contributed by atoms with E-state index in [0.717, 1.165) is 42.9 Å². The summed E-state index contributed by atoms with van der Waals surface area (Å²) in [5.74, 6) is -3.03. The highest BCUT2D eigenvalue weighted by Crippen LogP contribution is 2.38. The van der Waals surface area contributed by atoms with Crippen LogP contribution in [0.4, 0.5) is 24.8 Å². The molecule has 0 radical (unpaired) electrons. The van der Waals surface area contributed by atoms with Crippen LogP contribution in [0.5, 0.6) is 0 Å². The highest BCUT2D eigenvalue weighted by Gasteiger charge is 2.31. The first-order valence-electron chi connectivity index (χ1n) is 11.4. The zero-order valence-corrected chi connectivity index (χ0v) is 19.5. The van der Waals surface area contributed by atoms with Crippen LogP contribution in [0, 0.1) is 5.82 Å². The van der Waals surface area contributed by atoms with Crippen molar-refractivity contribution in [1.29, 1.82) is 0 Å². The third-order valence-corrected chi connectivity index (χ3v) is 6.09. The Morgan fingerprint density at radius 1 is 1.09 bits per heavy atom. The Balaban J connectivity index is 1.49. The van der Waals surface area contributed by atoms with E-state index in [1.165, 1.54) is 24.0 Å². The molecule has 2 aromatic carbocycles. The number of allylic oxidation sites excluding steroid dienone is 1. The first kappa shape index (κ1) is 23.8. The van der Waals surface area contributed by atoms with E-state index in [1.807, 2.05) is 36.1 Å². The van der Waals surface area contributed by atoms with Gasteiger partial charge in [-0.3, -0.25) is 0 Å². The van der Waals surface area contributed by atoms with Crippen LogP contribution >= 0.6 is 0 Å². The fourth-order valence-corrected chi connectivity index (χ4v) is 4.36. The summed E-state index contributed by atoms with van der Waals surface area (Å²) in [5, 5.41) is 3.08. The van der Waals surface area contributed by atoms with Crippen LogP contribution in [0.3, 0.4) is 0 Å². The molecular formula is C27H29F3N4. The minimum absolute atomic E-state index is 0.0341. The maximum atomic E-state index is 15.4. The lowest BCUT2D eigenvalue weighted by Gasteiger charge is -2.27. The summed E-state index contributed by atoms with van der Waals surface area (Å²) in [6.07, 6.45) is 3.84. The molecule has 2 heterocycles. The number of aromatic nitrogens is 2. The molecule has 3 aromatic rings. The topological polar surface area (TPSA) is 41.1 Å². The van der Waals surface area contributed by atoms with E-state index >= 15 is 4.39 Å². The van der Waals surface area contributed by atoms with Gasteiger partial charge in [0.2, 0.25) is 5.82 Å². The normalized spacial score (nSPS) is 16.0. The van der Waals surface area contributed by atoms with Gasteiger partial charge in [-0.25, -0.2) is 18.7 Å². The van der Waals surface area contributed by atoms with E-state index in [2.05, 4.69) is 21.9 Å². The summed E-state index contributed by atoms with van der Waals surface area (Å²) < 4.78 is 42.6. The molecule has 7 heteroatoms. The fraction of sp³-hybridized carbons (Fsp3) is 0.333. The maximum Gasteiger partial charge on any atom is 0.270 e. The first-order valence-corrected chi connectivity index (χ1v) is 11.4. The van der Waals surface area contributed by atoms with Gasteiger partial charge in [-0.2, -0.15) is 4.39 Å². The van der Waals surface area contributed by atoms with E-state index in [0.29, 0.717) is 13.1 Å². The molecule has 0 spiro atoms. The third kappa shape index (κ3) is 5.41. The number of halogens is 3. The Morgan fingerprint density at radius 3 is 2.41 bits per heavy atom. The van der Waals surface area contributed by atoms with Gasteiger partial charge in [0.25, 0.3) is 5.92 Å². The molecule has 0 amide bonds. The minimum Gasteiger partial charge on any atom is -0.363 e. The van der Waals surface area contributed by atoms with Crippen molar-refractivity contribution in [2.45, 2.75) is 51.6 Å². The second-order valence-corrected chi connectivity index (χ2v) is 9.03. The van der Waals surface area contributed by atoms with Gasteiger partial charge in [0.05, 0.1) is 6.04 Å². The monoisotopic (exact) mass is 466 g/mol. The van der Waals surface area contributed by atoms with Crippen LogP contribution < -0.4 is 10.2 Å². The SMILES string of the molecule is C=C(C)Cc1ccc(CNc2ncnc(N3CCCC3c3ccc(C(C)(F)F)cc3)c2F)cc1. The number of anilines is 2. The number of nitrogens with one attached hydrogen (secondary N) is 1. The average molecular weight is 467 g/mol. The molecule has 34 heavy (non-hydrogen) atoms. The summed E-state index contributed by atoms with van der Waals surface area (Å²) in [5.41, 5.74) is 4.13.